The van der Waals surface area contributed by atoms with Gasteiger partial charge in [0.15, 0.2) is 5.58 Å². The lowest BCUT2D eigenvalue weighted by atomic mass is 10.0. The van der Waals surface area contributed by atoms with Crippen molar-refractivity contribution in [2.75, 3.05) is 13.1 Å². The number of hydrogen-bond acceptors (Lipinski definition) is 5. The third-order valence-corrected chi connectivity index (χ3v) is 7.33. The number of likely N-dealkylation sites (tertiary alicyclic amines) is 1. The van der Waals surface area contributed by atoms with E-state index in [2.05, 4.69) is 26.9 Å². The molecule has 3 aromatic rings. The maximum Gasteiger partial charge on any atom is 0.307 e. The lowest BCUT2D eigenvalue weighted by Gasteiger charge is -2.24. The topological polar surface area (TPSA) is 90.4 Å². The molecule has 0 saturated carbocycles. The van der Waals surface area contributed by atoms with Gasteiger partial charge in [0.05, 0.1) is 5.92 Å². The number of hydrogen-bond donors (Lipinski definition) is 1. The fourth-order valence-electron chi connectivity index (χ4n) is 4.85. The summed E-state index contributed by atoms with van der Waals surface area (Å²) in [6.07, 6.45) is 2.35. The zero-order chi connectivity index (χ0) is 21.0. The van der Waals surface area contributed by atoms with Crippen LogP contribution < -0.4 is 0 Å². The number of aromatic nitrogens is 1. The van der Waals surface area contributed by atoms with Crippen molar-refractivity contribution in [3.8, 4) is 17.5 Å². The molecule has 0 amide bonds. The predicted molar refractivity (Wildman–Crippen MR) is 115 cm³/mol. The maximum atomic E-state index is 11.4. The summed E-state index contributed by atoms with van der Waals surface area (Å²) >= 11 is 3.55. The number of carbonyl (C=O) groups is 1. The van der Waals surface area contributed by atoms with Gasteiger partial charge in [0.25, 0.3) is 0 Å². The van der Waals surface area contributed by atoms with Crippen molar-refractivity contribution < 1.29 is 14.3 Å². The minimum Gasteiger partial charge on any atom is -0.481 e. The molecule has 6 nitrogen and oxygen atoms in total. The number of fused-ring (bicyclic) bond motifs is 2. The summed E-state index contributed by atoms with van der Waals surface area (Å²) in [7, 11) is 0. The normalized spacial score (nSPS) is 21.1. The average Bonchev–Trinajstić information content (AvgIpc) is 3.45. The van der Waals surface area contributed by atoms with Gasteiger partial charge in [0, 0.05) is 22.6 Å². The van der Waals surface area contributed by atoms with Crippen molar-refractivity contribution in [3.05, 3.63) is 51.0 Å². The van der Waals surface area contributed by atoms with Crippen LogP contribution in [0.25, 0.3) is 22.6 Å². The van der Waals surface area contributed by atoms with Gasteiger partial charge in [-0.15, -0.1) is 0 Å². The Morgan fingerprint density at radius 3 is 2.97 bits per heavy atom. The van der Waals surface area contributed by atoms with E-state index in [-0.39, 0.29) is 12.0 Å². The molecule has 2 heterocycles. The Morgan fingerprint density at radius 1 is 1.40 bits per heavy atom. The number of rotatable bonds is 3. The molecule has 1 saturated heterocycles. The van der Waals surface area contributed by atoms with Gasteiger partial charge in [-0.2, -0.15) is 5.26 Å². The number of oxazole rings is 1. The van der Waals surface area contributed by atoms with Crippen LogP contribution in [0.15, 0.2) is 33.2 Å². The Hall–Kier alpha value is -2.69. The molecular formula is C23H20BrN3O3. The molecule has 1 aliphatic carbocycles. The van der Waals surface area contributed by atoms with Gasteiger partial charge in [-0.1, -0.05) is 22.0 Å². The molecule has 1 fully saturated rings. The SMILES string of the molecule is Cc1c(Br)cccc1-c1nc2cc3c(c(C#N)c2o1)CCC3N1CC[C@@H](C(=O)O)C1. The lowest BCUT2D eigenvalue weighted by Crippen LogP contribution is -2.26. The third-order valence-electron chi connectivity index (χ3n) is 6.47. The molecule has 0 radical (unpaired) electrons. The van der Waals surface area contributed by atoms with Crippen LogP contribution in [-0.4, -0.2) is 34.0 Å². The monoisotopic (exact) mass is 465 g/mol. The van der Waals surface area contributed by atoms with Crippen LogP contribution in [0.1, 0.15) is 41.1 Å². The Labute approximate surface area is 182 Å². The molecular weight excluding hydrogens is 446 g/mol. The van der Waals surface area contributed by atoms with E-state index in [0.717, 1.165) is 46.1 Å². The number of nitriles is 1. The Kier molecular flexibility index (Phi) is 4.64. The van der Waals surface area contributed by atoms with Crippen LogP contribution in [0.5, 0.6) is 0 Å². The molecule has 1 unspecified atom stereocenters. The number of carboxylic acid groups (broad SMARTS) is 1. The van der Waals surface area contributed by atoms with Gasteiger partial charge in [-0.25, -0.2) is 4.98 Å². The zero-order valence-electron chi connectivity index (χ0n) is 16.5. The third kappa shape index (κ3) is 2.94. The second-order valence-corrected chi connectivity index (χ2v) is 8.94. The molecule has 0 bridgehead atoms. The Bertz CT molecular complexity index is 1230. The van der Waals surface area contributed by atoms with Crippen LogP contribution in [0.3, 0.4) is 0 Å². The van der Waals surface area contributed by atoms with Crippen LogP contribution in [-0.2, 0) is 11.2 Å². The van der Waals surface area contributed by atoms with Crippen LogP contribution in [0.2, 0.25) is 0 Å². The second-order valence-electron chi connectivity index (χ2n) is 8.08. The second kappa shape index (κ2) is 7.22. The lowest BCUT2D eigenvalue weighted by molar-refractivity contribution is -0.141. The quantitative estimate of drug-likeness (QED) is 0.595. The molecule has 1 aliphatic heterocycles. The van der Waals surface area contributed by atoms with E-state index < -0.39 is 5.97 Å². The molecule has 0 spiro atoms. The van der Waals surface area contributed by atoms with Crippen molar-refractivity contribution in [1.29, 1.82) is 5.26 Å². The first-order chi connectivity index (χ1) is 14.5. The van der Waals surface area contributed by atoms with Gasteiger partial charge in [0.1, 0.15) is 17.1 Å². The highest BCUT2D eigenvalue weighted by Gasteiger charge is 2.37. The largest absolute Gasteiger partial charge is 0.481 e. The van der Waals surface area contributed by atoms with Gasteiger partial charge in [-0.05, 0) is 67.6 Å². The fraction of sp³-hybridized carbons (Fsp3) is 0.348. The molecule has 7 heteroatoms. The van der Waals surface area contributed by atoms with E-state index >= 15 is 0 Å². The molecule has 152 valence electrons. The summed E-state index contributed by atoms with van der Waals surface area (Å²) in [5.41, 5.74) is 5.81. The Balaban J connectivity index is 1.59. The first-order valence-electron chi connectivity index (χ1n) is 10.1. The first-order valence-corrected chi connectivity index (χ1v) is 10.9. The highest BCUT2D eigenvalue weighted by atomic mass is 79.9. The van der Waals surface area contributed by atoms with E-state index in [1.54, 1.807) is 0 Å². The molecule has 2 aliphatic rings. The molecule has 30 heavy (non-hydrogen) atoms. The van der Waals surface area contributed by atoms with Gasteiger partial charge >= 0.3 is 5.97 Å². The number of benzene rings is 2. The molecule has 1 N–H and O–H groups in total. The van der Waals surface area contributed by atoms with Crippen molar-refractivity contribution in [1.82, 2.24) is 9.88 Å². The van der Waals surface area contributed by atoms with Crippen molar-refractivity contribution in [3.63, 3.8) is 0 Å². The summed E-state index contributed by atoms with van der Waals surface area (Å²) in [5, 5.41) is 19.3. The molecule has 2 atom stereocenters. The van der Waals surface area contributed by atoms with Gasteiger partial charge in [-0.3, -0.25) is 9.69 Å². The van der Waals surface area contributed by atoms with Gasteiger partial charge < -0.3 is 9.52 Å². The highest BCUT2D eigenvalue weighted by molar-refractivity contribution is 9.10. The zero-order valence-corrected chi connectivity index (χ0v) is 18.1. The number of halogens is 1. The van der Waals surface area contributed by atoms with Crippen molar-refractivity contribution in [2.45, 2.75) is 32.2 Å². The average molecular weight is 466 g/mol. The number of aliphatic carboxylic acids is 1. The van der Waals surface area contributed by atoms with Crippen LogP contribution in [0, 0.1) is 24.2 Å². The summed E-state index contributed by atoms with van der Waals surface area (Å²) in [5.74, 6) is -0.534. The first kappa shape index (κ1) is 19.3. The van der Waals surface area contributed by atoms with Crippen LogP contribution >= 0.6 is 15.9 Å². The van der Waals surface area contributed by atoms with Crippen molar-refractivity contribution >= 4 is 33.0 Å². The van der Waals surface area contributed by atoms with E-state index in [9.17, 15) is 15.2 Å². The van der Waals surface area contributed by atoms with E-state index in [0.29, 0.717) is 35.5 Å². The number of nitrogens with zero attached hydrogens (tertiary/aromatic N) is 3. The van der Waals surface area contributed by atoms with E-state index in [1.807, 2.05) is 31.2 Å². The maximum absolute atomic E-state index is 11.4. The fourth-order valence-corrected chi connectivity index (χ4v) is 5.22. The minimum absolute atomic E-state index is 0.133. The molecule has 2 aromatic carbocycles. The Morgan fingerprint density at radius 2 is 2.23 bits per heavy atom. The highest BCUT2D eigenvalue weighted by Crippen LogP contribution is 2.43. The van der Waals surface area contributed by atoms with E-state index in [4.69, 9.17) is 9.40 Å². The van der Waals surface area contributed by atoms with Crippen LogP contribution in [0.4, 0.5) is 0 Å². The summed E-state index contributed by atoms with van der Waals surface area (Å²) < 4.78 is 7.08. The van der Waals surface area contributed by atoms with Gasteiger partial charge in [0.2, 0.25) is 5.89 Å². The van der Waals surface area contributed by atoms with E-state index in [1.165, 1.54) is 0 Å². The van der Waals surface area contributed by atoms with Crippen molar-refractivity contribution in [2.24, 2.45) is 5.92 Å². The smallest absolute Gasteiger partial charge is 0.307 e. The summed E-state index contributed by atoms with van der Waals surface area (Å²) in [6, 6.07) is 10.4. The molecule has 5 rings (SSSR count). The summed E-state index contributed by atoms with van der Waals surface area (Å²) in [6.45, 7) is 3.32. The molecule has 1 aromatic heterocycles. The standard InChI is InChI=1S/C23H20BrN3O3/c1-12-14(3-2-4-18(12)24)22-26-19-9-16-15(17(10-25)21(19)30-22)5-6-20(16)27-8-7-13(11-27)23(28)29/h2-4,9,13,20H,5-8,11H2,1H3,(H,28,29)/t13-,20?/m1/s1. The number of carboxylic acids is 1. The summed E-state index contributed by atoms with van der Waals surface area (Å²) in [4.78, 5) is 18.3. The minimum atomic E-state index is -0.727. The predicted octanol–water partition coefficient (Wildman–Crippen LogP) is 4.83.